The van der Waals surface area contributed by atoms with E-state index in [-0.39, 0.29) is 28.4 Å². The maximum atomic E-state index is 12.4. The van der Waals surface area contributed by atoms with E-state index in [2.05, 4.69) is 5.32 Å². The molecule has 0 unspecified atom stereocenters. The standard InChI is InChI=1S/C16H12Cl2N2O4S/c17-10-1-3-11(4-2-10)19-16(22)13-9-12(5-6-14(13)18)20-15(21)7-8-25(20,23)24/h1-6,9H,7-8H2,(H,19,22). The number of hydrogen-bond donors (Lipinski definition) is 1. The van der Waals surface area contributed by atoms with Gasteiger partial charge in [-0.2, -0.15) is 0 Å². The number of hydrogen-bond acceptors (Lipinski definition) is 4. The molecule has 0 aromatic heterocycles. The van der Waals surface area contributed by atoms with Crippen molar-refractivity contribution in [2.24, 2.45) is 0 Å². The largest absolute Gasteiger partial charge is 0.322 e. The van der Waals surface area contributed by atoms with Crippen molar-refractivity contribution in [3.63, 3.8) is 0 Å². The van der Waals surface area contributed by atoms with E-state index in [0.29, 0.717) is 15.0 Å². The van der Waals surface area contributed by atoms with Crippen LogP contribution in [-0.2, 0) is 14.8 Å². The third kappa shape index (κ3) is 3.63. The summed E-state index contributed by atoms with van der Waals surface area (Å²) < 4.78 is 24.8. The fraction of sp³-hybridized carbons (Fsp3) is 0.125. The topological polar surface area (TPSA) is 83.6 Å². The Bertz CT molecular complexity index is 959. The highest BCUT2D eigenvalue weighted by Crippen LogP contribution is 2.29. The van der Waals surface area contributed by atoms with Gasteiger partial charge in [0.15, 0.2) is 0 Å². The third-order valence-electron chi connectivity index (χ3n) is 3.61. The van der Waals surface area contributed by atoms with Gasteiger partial charge in [0.25, 0.3) is 5.91 Å². The van der Waals surface area contributed by atoms with E-state index in [0.717, 1.165) is 0 Å². The van der Waals surface area contributed by atoms with Crippen LogP contribution in [0.2, 0.25) is 10.0 Å². The lowest BCUT2D eigenvalue weighted by atomic mass is 10.1. The minimum atomic E-state index is -3.71. The van der Waals surface area contributed by atoms with Gasteiger partial charge in [-0.1, -0.05) is 23.2 Å². The lowest BCUT2D eigenvalue weighted by Gasteiger charge is -2.16. The average molecular weight is 399 g/mol. The van der Waals surface area contributed by atoms with Crippen LogP contribution in [0, 0.1) is 0 Å². The zero-order valence-electron chi connectivity index (χ0n) is 12.7. The second kappa shape index (κ2) is 6.67. The molecule has 0 bridgehead atoms. The molecule has 2 aromatic carbocycles. The zero-order chi connectivity index (χ0) is 18.2. The van der Waals surface area contributed by atoms with Crippen molar-refractivity contribution < 1.29 is 18.0 Å². The highest BCUT2D eigenvalue weighted by Gasteiger charge is 2.36. The molecule has 0 saturated carbocycles. The van der Waals surface area contributed by atoms with Crippen LogP contribution < -0.4 is 9.62 Å². The monoisotopic (exact) mass is 398 g/mol. The molecule has 1 aliphatic heterocycles. The summed E-state index contributed by atoms with van der Waals surface area (Å²) >= 11 is 11.9. The molecule has 0 atom stereocenters. The first-order chi connectivity index (χ1) is 11.8. The maximum absolute atomic E-state index is 12.4. The van der Waals surface area contributed by atoms with E-state index in [1.54, 1.807) is 24.3 Å². The fourth-order valence-electron chi connectivity index (χ4n) is 2.41. The quantitative estimate of drug-likeness (QED) is 0.859. The van der Waals surface area contributed by atoms with Gasteiger partial charge in [0.1, 0.15) is 0 Å². The number of amides is 2. The molecule has 1 saturated heterocycles. The van der Waals surface area contributed by atoms with E-state index < -0.39 is 21.8 Å². The van der Waals surface area contributed by atoms with Crippen molar-refractivity contribution >= 4 is 56.4 Å². The fourth-order valence-corrected chi connectivity index (χ4v) is 4.19. The minimum Gasteiger partial charge on any atom is -0.322 e. The van der Waals surface area contributed by atoms with Crippen LogP contribution in [0.5, 0.6) is 0 Å². The summed E-state index contributed by atoms with van der Waals surface area (Å²) in [6, 6.07) is 10.5. The molecule has 130 valence electrons. The number of benzene rings is 2. The van der Waals surface area contributed by atoms with Crippen molar-refractivity contribution in [3.05, 3.63) is 58.1 Å². The first-order valence-corrected chi connectivity index (χ1v) is 9.57. The van der Waals surface area contributed by atoms with Crippen LogP contribution in [0.1, 0.15) is 16.8 Å². The molecule has 1 fully saturated rings. The van der Waals surface area contributed by atoms with E-state index >= 15 is 0 Å². The lowest BCUT2D eigenvalue weighted by molar-refractivity contribution is -0.116. The predicted molar refractivity (Wildman–Crippen MR) is 96.7 cm³/mol. The van der Waals surface area contributed by atoms with E-state index in [1.165, 1.54) is 18.2 Å². The van der Waals surface area contributed by atoms with Crippen molar-refractivity contribution in [1.29, 1.82) is 0 Å². The molecule has 6 nitrogen and oxygen atoms in total. The molecule has 2 aromatic rings. The summed E-state index contributed by atoms with van der Waals surface area (Å²) in [5.74, 6) is -1.31. The van der Waals surface area contributed by atoms with E-state index in [1.807, 2.05) is 0 Å². The van der Waals surface area contributed by atoms with Crippen molar-refractivity contribution in [2.75, 3.05) is 15.4 Å². The molecule has 9 heteroatoms. The van der Waals surface area contributed by atoms with Crippen molar-refractivity contribution in [1.82, 2.24) is 0 Å². The zero-order valence-corrected chi connectivity index (χ0v) is 15.0. The number of rotatable bonds is 3. The normalized spacial score (nSPS) is 16.1. The molecule has 1 N–H and O–H groups in total. The number of carbonyl (C=O) groups is 2. The first-order valence-electron chi connectivity index (χ1n) is 7.20. The molecule has 0 spiro atoms. The van der Waals surface area contributed by atoms with Gasteiger partial charge in [-0.3, -0.25) is 9.59 Å². The van der Waals surface area contributed by atoms with Gasteiger partial charge in [-0.25, -0.2) is 12.7 Å². The number of carbonyl (C=O) groups excluding carboxylic acids is 2. The number of sulfonamides is 1. The van der Waals surface area contributed by atoms with E-state index in [4.69, 9.17) is 23.2 Å². The number of nitrogens with one attached hydrogen (secondary N) is 1. The van der Waals surface area contributed by atoms with Crippen LogP contribution in [0.15, 0.2) is 42.5 Å². The second-order valence-electron chi connectivity index (χ2n) is 5.35. The van der Waals surface area contributed by atoms with Gasteiger partial charge >= 0.3 is 0 Å². The summed E-state index contributed by atoms with van der Waals surface area (Å²) in [5.41, 5.74) is 0.651. The maximum Gasteiger partial charge on any atom is 0.257 e. The summed E-state index contributed by atoms with van der Waals surface area (Å²) in [6.07, 6.45) is -0.0860. The van der Waals surface area contributed by atoms with Crippen LogP contribution in [0.3, 0.4) is 0 Å². The Labute approximate surface area is 154 Å². The van der Waals surface area contributed by atoms with Gasteiger partial charge in [0.05, 0.1) is 22.0 Å². The lowest BCUT2D eigenvalue weighted by Crippen LogP contribution is -2.29. The number of nitrogens with zero attached hydrogens (tertiary/aromatic N) is 1. The number of halogens is 2. The van der Waals surface area contributed by atoms with Crippen LogP contribution in [0.25, 0.3) is 0 Å². The van der Waals surface area contributed by atoms with Crippen LogP contribution in [0.4, 0.5) is 11.4 Å². The van der Waals surface area contributed by atoms with Crippen LogP contribution in [-0.4, -0.2) is 26.0 Å². The smallest absolute Gasteiger partial charge is 0.257 e. The van der Waals surface area contributed by atoms with Gasteiger partial charge in [0.2, 0.25) is 15.9 Å². The van der Waals surface area contributed by atoms with Gasteiger partial charge in [-0.15, -0.1) is 0 Å². The molecular weight excluding hydrogens is 387 g/mol. The summed E-state index contributed by atoms with van der Waals surface area (Å²) in [7, 11) is -3.71. The Morgan fingerprint density at radius 3 is 2.36 bits per heavy atom. The number of anilines is 2. The SMILES string of the molecule is O=C(Nc1ccc(Cl)cc1)c1cc(N2C(=O)CCS2(=O)=O)ccc1Cl. The molecule has 1 aliphatic rings. The third-order valence-corrected chi connectivity index (χ3v) is 5.88. The first kappa shape index (κ1) is 17.7. The molecule has 0 aliphatic carbocycles. The molecule has 25 heavy (non-hydrogen) atoms. The Morgan fingerprint density at radius 2 is 1.76 bits per heavy atom. The van der Waals surface area contributed by atoms with E-state index in [9.17, 15) is 18.0 Å². The molecular formula is C16H12Cl2N2O4S. The summed E-state index contributed by atoms with van der Waals surface area (Å²) in [5, 5.41) is 3.30. The van der Waals surface area contributed by atoms with Gasteiger partial charge in [-0.05, 0) is 42.5 Å². The average Bonchev–Trinajstić information content (AvgIpc) is 2.83. The van der Waals surface area contributed by atoms with Crippen LogP contribution >= 0.6 is 23.2 Å². The highest BCUT2D eigenvalue weighted by molar-refractivity contribution is 7.94. The van der Waals surface area contributed by atoms with Crippen molar-refractivity contribution in [3.8, 4) is 0 Å². The van der Waals surface area contributed by atoms with Crippen molar-refractivity contribution in [2.45, 2.75) is 6.42 Å². The Morgan fingerprint density at radius 1 is 1.08 bits per heavy atom. The molecule has 2 amide bonds. The molecule has 1 heterocycles. The van der Waals surface area contributed by atoms with Gasteiger partial charge in [0, 0.05) is 17.1 Å². The predicted octanol–water partition coefficient (Wildman–Crippen LogP) is 3.31. The Balaban J connectivity index is 1.93. The summed E-state index contributed by atoms with van der Waals surface area (Å²) in [6.45, 7) is 0. The minimum absolute atomic E-state index is 0.0593. The molecule has 0 radical (unpaired) electrons. The highest BCUT2D eigenvalue weighted by atomic mass is 35.5. The van der Waals surface area contributed by atoms with Gasteiger partial charge < -0.3 is 5.32 Å². The Kier molecular flexibility index (Phi) is 4.73. The summed E-state index contributed by atoms with van der Waals surface area (Å²) in [4.78, 5) is 24.3. The second-order valence-corrected chi connectivity index (χ2v) is 8.13. The Hall–Kier alpha value is -2.09. The molecule has 3 rings (SSSR count).